The van der Waals surface area contributed by atoms with Crippen molar-refractivity contribution < 1.29 is 0 Å². The molecule has 1 fully saturated rings. The predicted molar refractivity (Wildman–Crippen MR) is 45.0 cm³/mol. The van der Waals surface area contributed by atoms with Gasteiger partial charge in [-0.1, -0.05) is 20.3 Å². The van der Waals surface area contributed by atoms with Gasteiger partial charge in [-0.15, -0.1) is 0 Å². The van der Waals surface area contributed by atoms with Gasteiger partial charge in [0, 0.05) is 6.04 Å². The third-order valence-electron chi connectivity index (χ3n) is 2.88. The molecule has 0 radical (unpaired) electrons. The molecule has 0 aliphatic heterocycles. The van der Waals surface area contributed by atoms with Crippen molar-refractivity contribution in [2.24, 2.45) is 11.8 Å². The van der Waals surface area contributed by atoms with Crippen molar-refractivity contribution >= 4 is 0 Å². The molecule has 0 bridgehead atoms. The molecule has 1 saturated carbocycles. The van der Waals surface area contributed by atoms with Gasteiger partial charge in [0.1, 0.15) is 0 Å². The topological polar surface area (TPSA) is 12.0 Å². The molecule has 0 aromatic rings. The van der Waals surface area contributed by atoms with Crippen LogP contribution in [0, 0.1) is 11.8 Å². The molecule has 0 spiro atoms. The lowest BCUT2D eigenvalue weighted by molar-refractivity contribution is 0.219. The van der Waals surface area contributed by atoms with Crippen LogP contribution in [0.2, 0.25) is 0 Å². The molecule has 10 heavy (non-hydrogen) atoms. The second-order valence-corrected chi connectivity index (χ2v) is 3.70. The minimum atomic E-state index is 0.772. The van der Waals surface area contributed by atoms with Crippen LogP contribution < -0.4 is 5.32 Å². The summed E-state index contributed by atoms with van der Waals surface area (Å²) in [5, 5.41) is 3.40. The molecule has 60 valence electrons. The Labute approximate surface area is 64.2 Å². The lowest BCUT2D eigenvalue weighted by atomic mass is 9.79. The maximum atomic E-state index is 3.40. The van der Waals surface area contributed by atoms with E-state index in [2.05, 4.69) is 26.2 Å². The highest BCUT2D eigenvalue weighted by molar-refractivity contribution is 4.81. The van der Waals surface area contributed by atoms with Gasteiger partial charge in [0.05, 0.1) is 0 Å². The van der Waals surface area contributed by atoms with Crippen molar-refractivity contribution in [1.29, 1.82) is 0 Å². The van der Waals surface area contributed by atoms with Crippen LogP contribution in [0.5, 0.6) is 0 Å². The SMILES string of the molecule is CNC1[C@@H](C)CCC[C@@H]1C. The molecule has 0 aromatic carbocycles. The van der Waals surface area contributed by atoms with E-state index in [9.17, 15) is 0 Å². The van der Waals surface area contributed by atoms with Crippen LogP contribution in [0.4, 0.5) is 0 Å². The molecule has 0 amide bonds. The first-order chi connectivity index (χ1) is 4.75. The van der Waals surface area contributed by atoms with Crippen LogP contribution in [0.1, 0.15) is 33.1 Å². The summed E-state index contributed by atoms with van der Waals surface area (Å²) < 4.78 is 0. The van der Waals surface area contributed by atoms with E-state index in [4.69, 9.17) is 0 Å². The summed E-state index contributed by atoms with van der Waals surface area (Å²) in [5.41, 5.74) is 0. The van der Waals surface area contributed by atoms with Crippen molar-refractivity contribution in [3.63, 3.8) is 0 Å². The van der Waals surface area contributed by atoms with Crippen molar-refractivity contribution in [2.45, 2.75) is 39.2 Å². The van der Waals surface area contributed by atoms with E-state index >= 15 is 0 Å². The van der Waals surface area contributed by atoms with Gasteiger partial charge in [0.15, 0.2) is 0 Å². The van der Waals surface area contributed by atoms with Gasteiger partial charge in [-0.2, -0.15) is 0 Å². The Hall–Kier alpha value is -0.0400. The molecule has 1 rings (SSSR count). The standard InChI is InChI=1S/C9H19N/c1-7-5-4-6-8(2)9(7)10-3/h7-10H,4-6H2,1-3H3/t7-,8-/m0/s1. The predicted octanol–water partition coefficient (Wildman–Crippen LogP) is 2.03. The first-order valence-corrected chi connectivity index (χ1v) is 4.43. The zero-order valence-corrected chi connectivity index (χ0v) is 7.35. The van der Waals surface area contributed by atoms with Gasteiger partial charge >= 0.3 is 0 Å². The maximum absolute atomic E-state index is 3.40. The molecular formula is C9H19N. The van der Waals surface area contributed by atoms with E-state index in [0.29, 0.717) is 0 Å². The summed E-state index contributed by atoms with van der Waals surface area (Å²) in [5.74, 6) is 1.77. The van der Waals surface area contributed by atoms with Gasteiger partial charge in [-0.3, -0.25) is 0 Å². The van der Waals surface area contributed by atoms with Crippen LogP contribution in [-0.2, 0) is 0 Å². The minimum absolute atomic E-state index is 0.772. The summed E-state index contributed by atoms with van der Waals surface area (Å²) in [6.45, 7) is 4.72. The average molecular weight is 141 g/mol. The molecule has 1 N–H and O–H groups in total. The summed E-state index contributed by atoms with van der Waals surface area (Å²) in [6.07, 6.45) is 4.26. The molecule has 0 saturated heterocycles. The zero-order valence-electron chi connectivity index (χ0n) is 7.35. The van der Waals surface area contributed by atoms with Gasteiger partial charge in [0.2, 0.25) is 0 Å². The number of hydrogen-bond donors (Lipinski definition) is 1. The summed E-state index contributed by atoms with van der Waals surface area (Å²) in [7, 11) is 2.09. The molecule has 0 aromatic heterocycles. The van der Waals surface area contributed by atoms with E-state index in [1.54, 1.807) is 0 Å². The van der Waals surface area contributed by atoms with Crippen molar-refractivity contribution in [1.82, 2.24) is 5.32 Å². The van der Waals surface area contributed by atoms with Crippen LogP contribution in [0.3, 0.4) is 0 Å². The molecule has 1 nitrogen and oxygen atoms in total. The Morgan fingerprint density at radius 3 is 1.90 bits per heavy atom. The normalized spacial score (nSPS) is 36.3. The highest BCUT2D eigenvalue weighted by atomic mass is 14.9. The maximum Gasteiger partial charge on any atom is 0.0115 e. The Kier molecular flexibility index (Phi) is 2.72. The third-order valence-corrected chi connectivity index (χ3v) is 2.88. The van der Waals surface area contributed by atoms with E-state index in [1.165, 1.54) is 19.3 Å². The van der Waals surface area contributed by atoms with Crippen molar-refractivity contribution in [2.75, 3.05) is 7.05 Å². The van der Waals surface area contributed by atoms with E-state index < -0.39 is 0 Å². The Balaban J connectivity index is 2.45. The van der Waals surface area contributed by atoms with Crippen LogP contribution in [-0.4, -0.2) is 13.1 Å². The summed E-state index contributed by atoms with van der Waals surface area (Å²) in [4.78, 5) is 0. The second-order valence-electron chi connectivity index (χ2n) is 3.70. The van der Waals surface area contributed by atoms with Crippen LogP contribution in [0.15, 0.2) is 0 Å². The number of hydrogen-bond acceptors (Lipinski definition) is 1. The molecule has 2 atom stereocenters. The highest BCUT2D eigenvalue weighted by Crippen LogP contribution is 2.28. The van der Waals surface area contributed by atoms with Crippen LogP contribution >= 0.6 is 0 Å². The fraction of sp³-hybridized carbons (Fsp3) is 1.00. The molecule has 0 heterocycles. The first-order valence-electron chi connectivity index (χ1n) is 4.43. The third kappa shape index (κ3) is 1.51. The molecule has 1 aliphatic carbocycles. The smallest absolute Gasteiger partial charge is 0.0115 e. The summed E-state index contributed by atoms with van der Waals surface area (Å²) >= 11 is 0. The van der Waals surface area contributed by atoms with Crippen molar-refractivity contribution in [3.05, 3.63) is 0 Å². The fourth-order valence-corrected chi connectivity index (χ4v) is 2.25. The van der Waals surface area contributed by atoms with Gasteiger partial charge in [-0.05, 0) is 31.7 Å². The van der Waals surface area contributed by atoms with Gasteiger partial charge in [0.25, 0.3) is 0 Å². The number of nitrogens with one attached hydrogen (secondary N) is 1. The Morgan fingerprint density at radius 2 is 1.60 bits per heavy atom. The second kappa shape index (κ2) is 3.38. The summed E-state index contributed by atoms with van der Waals surface area (Å²) in [6, 6.07) is 0.772. The van der Waals surface area contributed by atoms with Gasteiger partial charge in [-0.25, -0.2) is 0 Å². The minimum Gasteiger partial charge on any atom is -0.316 e. The van der Waals surface area contributed by atoms with Crippen LogP contribution in [0.25, 0.3) is 0 Å². The number of rotatable bonds is 1. The quantitative estimate of drug-likeness (QED) is 0.589. The van der Waals surface area contributed by atoms with E-state index in [0.717, 1.165) is 17.9 Å². The first kappa shape index (κ1) is 8.06. The van der Waals surface area contributed by atoms with E-state index in [1.807, 2.05) is 0 Å². The monoisotopic (exact) mass is 141 g/mol. The van der Waals surface area contributed by atoms with Crippen molar-refractivity contribution in [3.8, 4) is 0 Å². The highest BCUT2D eigenvalue weighted by Gasteiger charge is 2.25. The molecular weight excluding hydrogens is 122 g/mol. The molecule has 1 heteroatoms. The van der Waals surface area contributed by atoms with Gasteiger partial charge < -0.3 is 5.32 Å². The largest absolute Gasteiger partial charge is 0.316 e. The van der Waals surface area contributed by atoms with E-state index in [-0.39, 0.29) is 0 Å². The Bertz CT molecular complexity index is 90.9. The Morgan fingerprint density at radius 1 is 1.10 bits per heavy atom. The zero-order chi connectivity index (χ0) is 7.56. The molecule has 1 aliphatic rings. The fourth-order valence-electron chi connectivity index (χ4n) is 2.25. The lowest BCUT2D eigenvalue weighted by Crippen LogP contribution is -2.40. The molecule has 0 unspecified atom stereocenters. The average Bonchev–Trinajstić information content (AvgIpc) is 1.88. The lowest BCUT2D eigenvalue weighted by Gasteiger charge is -2.34.